The molecule has 2 amide bonds. The molecule has 9 heteroatoms. The number of rotatable bonds is 8. The quantitative estimate of drug-likeness (QED) is 0.398. The van der Waals surface area contributed by atoms with Gasteiger partial charge in [0.1, 0.15) is 17.3 Å². The number of benzene rings is 1. The van der Waals surface area contributed by atoms with Crippen molar-refractivity contribution in [2.45, 2.75) is 32.7 Å². The number of aromatic amines is 1. The van der Waals surface area contributed by atoms with Crippen LogP contribution < -0.4 is 10.6 Å². The van der Waals surface area contributed by atoms with E-state index in [9.17, 15) is 9.59 Å². The van der Waals surface area contributed by atoms with E-state index in [2.05, 4.69) is 25.6 Å². The third kappa shape index (κ3) is 4.93. The molecule has 0 aliphatic rings. The van der Waals surface area contributed by atoms with Crippen molar-refractivity contribution in [3.05, 3.63) is 53.4 Å². The Bertz CT molecular complexity index is 1140. The number of H-pyrrole nitrogens is 1. The topological polar surface area (TPSA) is 113 Å². The first kappa shape index (κ1) is 19.8. The minimum atomic E-state index is -0.119. The Balaban J connectivity index is 1.27. The van der Waals surface area contributed by atoms with Gasteiger partial charge in [0.05, 0.1) is 17.6 Å². The smallest absolute Gasteiger partial charge is 0.226 e. The van der Waals surface area contributed by atoms with Crippen LogP contribution in [0.2, 0.25) is 0 Å². The van der Waals surface area contributed by atoms with Crippen LogP contribution in [0.4, 0.5) is 5.13 Å². The van der Waals surface area contributed by atoms with Gasteiger partial charge in [-0.2, -0.15) is 0 Å². The summed E-state index contributed by atoms with van der Waals surface area (Å²) in [4.78, 5) is 35.4. The molecule has 0 radical (unpaired) electrons. The van der Waals surface area contributed by atoms with E-state index in [4.69, 9.17) is 4.42 Å². The average Bonchev–Trinajstić information content (AvgIpc) is 3.45. The summed E-state index contributed by atoms with van der Waals surface area (Å²) in [6, 6.07) is 11.5. The first-order chi connectivity index (χ1) is 14.6. The molecule has 0 fully saturated rings. The zero-order chi connectivity index (χ0) is 20.9. The second-order valence-electron chi connectivity index (χ2n) is 6.82. The third-order valence-corrected chi connectivity index (χ3v) is 5.19. The molecule has 3 heterocycles. The number of imidazole rings is 1. The van der Waals surface area contributed by atoms with Gasteiger partial charge in [-0.05, 0) is 30.7 Å². The number of para-hydroxylation sites is 2. The van der Waals surface area contributed by atoms with Crippen LogP contribution in [0.1, 0.15) is 31.4 Å². The van der Waals surface area contributed by atoms with Crippen LogP contribution in [-0.4, -0.2) is 26.8 Å². The van der Waals surface area contributed by atoms with Crippen molar-refractivity contribution in [3.8, 4) is 11.5 Å². The zero-order valence-electron chi connectivity index (χ0n) is 16.4. The summed E-state index contributed by atoms with van der Waals surface area (Å²) in [7, 11) is 0. The molecule has 0 atom stereocenters. The number of thiazole rings is 1. The van der Waals surface area contributed by atoms with Crippen LogP contribution >= 0.6 is 11.3 Å². The van der Waals surface area contributed by atoms with E-state index in [0.29, 0.717) is 48.2 Å². The van der Waals surface area contributed by atoms with Gasteiger partial charge < -0.3 is 20.0 Å². The lowest BCUT2D eigenvalue weighted by Crippen LogP contribution is -2.18. The number of carbonyl (C=O) groups excluding carboxylic acids is 2. The number of nitrogens with one attached hydrogen (secondary N) is 3. The van der Waals surface area contributed by atoms with Gasteiger partial charge in [-0.1, -0.05) is 12.1 Å². The van der Waals surface area contributed by atoms with Crippen molar-refractivity contribution in [2.24, 2.45) is 0 Å². The van der Waals surface area contributed by atoms with E-state index in [1.165, 1.54) is 18.3 Å². The number of aromatic nitrogens is 3. The van der Waals surface area contributed by atoms with Crippen molar-refractivity contribution in [2.75, 3.05) is 5.32 Å². The number of amides is 2. The Labute approximate surface area is 176 Å². The second kappa shape index (κ2) is 8.91. The number of nitrogens with zero attached hydrogens (tertiary/aromatic N) is 2. The molecule has 0 spiro atoms. The van der Waals surface area contributed by atoms with Crippen molar-refractivity contribution >= 4 is 39.3 Å². The number of aryl methyl sites for hydroxylation is 1. The van der Waals surface area contributed by atoms with Gasteiger partial charge in [0.2, 0.25) is 11.8 Å². The second-order valence-corrected chi connectivity index (χ2v) is 7.67. The Kier molecular flexibility index (Phi) is 5.89. The van der Waals surface area contributed by atoms with E-state index in [-0.39, 0.29) is 11.8 Å². The summed E-state index contributed by atoms with van der Waals surface area (Å²) >= 11 is 1.34. The van der Waals surface area contributed by atoms with Gasteiger partial charge in [-0.3, -0.25) is 9.59 Å². The predicted molar refractivity (Wildman–Crippen MR) is 115 cm³/mol. The van der Waals surface area contributed by atoms with Crippen molar-refractivity contribution in [1.82, 2.24) is 20.3 Å². The lowest BCUT2D eigenvalue weighted by atomic mass is 10.2. The molecule has 4 rings (SSSR count). The summed E-state index contributed by atoms with van der Waals surface area (Å²) in [5.41, 5.74) is 2.59. The fourth-order valence-electron chi connectivity index (χ4n) is 2.99. The maximum atomic E-state index is 12.2. The molecule has 30 heavy (non-hydrogen) atoms. The molecule has 0 bridgehead atoms. The van der Waals surface area contributed by atoms with Crippen molar-refractivity contribution < 1.29 is 14.0 Å². The predicted octanol–water partition coefficient (Wildman–Crippen LogP) is 3.88. The lowest BCUT2D eigenvalue weighted by molar-refractivity contribution is -0.119. The van der Waals surface area contributed by atoms with E-state index >= 15 is 0 Å². The number of carbonyl (C=O) groups is 2. The highest BCUT2D eigenvalue weighted by molar-refractivity contribution is 7.14. The summed E-state index contributed by atoms with van der Waals surface area (Å²) in [6.07, 6.45) is 1.77. The standard InChI is InChI=1S/C21H21N5O3S/c1-13(27)22-11-14-9-10-18(29-14)17-12-30-21(25-17)26-20(28)8-4-7-19-23-15-5-2-3-6-16(15)24-19/h2-3,5-6,9-10,12H,4,7-8,11H2,1H3,(H,22,27)(H,23,24)(H,25,26,28). The minimum absolute atomic E-state index is 0.0854. The maximum absolute atomic E-state index is 12.2. The number of fused-ring (bicyclic) bond motifs is 1. The largest absolute Gasteiger partial charge is 0.458 e. The summed E-state index contributed by atoms with van der Waals surface area (Å²) < 4.78 is 5.68. The molecule has 3 N–H and O–H groups in total. The summed E-state index contributed by atoms with van der Waals surface area (Å²) in [5.74, 6) is 1.92. The Hall–Kier alpha value is -3.46. The van der Waals surface area contributed by atoms with Crippen LogP contribution in [0.3, 0.4) is 0 Å². The number of anilines is 1. The number of hydrogen-bond donors (Lipinski definition) is 3. The molecule has 0 saturated carbocycles. The van der Waals surface area contributed by atoms with Crippen molar-refractivity contribution in [3.63, 3.8) is 0 Å². The third-order valence-electron chi connectivity index (χ3n) is 4.43. The van der Waals surface area contributed by atoms with Gasteiger partial charge in [0, 0.05) is 25.1 Å². The average molecular weight is 423 g/mol. The van der Waals surface area contributed by atoms with E-state index < -0.39 is 0 Å². The maximum Gasteiger partial charge on any atom is 0.226 e. The van der Waals surface area contributed by atoms with Crippen LogP contribution in [0.15, 0.2) is 46.2 Å². The van der Waals surface area contributed by atoms with Gasteiger partial charge >= 0.3 is 0 Å². The SMILES string of the molecule is CC(=O)NCc1ccc(-c2csc(NC(=O)CCCc3nc4ccccc4[nH]3)n2)o1. The molecule has 0 aliphatic carbocycles. The Morgan fingerprint density at radius 1 is 1.17 bits per heavy atom. The van der Waals surface area contributed by atoms with Crippen LogP contribution in [0, 0.1) is 0 Å². The first-order valence-electron chi connectivity index (χ1n) is 9.59. The molecular weight excluding hydrogens is 402 g/mol. The van der Waals surface area contributed by atoms with Gasteiger partial charge in [0.15, 0.2) is 10.9 Å². The molecule has 3 aromatic heterocycles. The normalized spacial score (nSPS) is 11.0. The molecule has 8 nitrogen and oxygen atoms in total. The fourth-order valence-corrected chi connectivity index (χ4v) is 3.70. The van der Waals surface area contributed by atoms with Crippen LogP contribution in [0.5, 0.6) is 0 Å². The Morgan fingerprint density at radius 2 is 2.03 bits per heavy atom. The summed E-state index contributed by atoms with van der Waals surface area (Å²) in [6.45, 7) is 1.78. The van der Waals surface area contributed by atoms with E-state index in [0.717, 1.165) is 16.9 Å². The molecule has 154 valence electrons. The molecule has 0 aliphatic heterocycles. The molecule has 0 unspecified atom stereocenters. The van der Waals surface area contributed by atoms with E-state index in [1.807, 2.05) is 29.6 Å². The fraction of sp³-hybridized carbons (Fsp3) is 0.238. The van der Waals surface area contributed by atoms with Gasteiger partial charge in [-0.25, -0.2) is 9.97 Å². The molecule has 1 aromatic carbocycles. The summed E-state index contributed by atoms with van der Waals surface area (Å²) in [5, 5.41) is 7.86. The number of hydrogen-bond acceptors (Lipinski definition) is 6. The van der Waals surface area contributed by atoms with Gasteiger partial charge in [-0.15, -0.1) is 11.3 Å². The first-order valence-corrected chi connectivity index (χ1v) is 10.5. The lowest BCUT2D eigenvalue weighted by Gasteiger charge is -2.00. The molecular formula is C21H21N5O3S. The molecule has 4 aromatic rings. The highest BCUT2D eigenvalue weighted by Gasteiger charge is 2.12. The van der Waals surface area contributed by atoms with Crippen LogP contribution in [-0.2, 0) is 22.6 Å². The van der Waals surface area contributed by atoms with Gasteiger partial charge in [0.25, 0.3) is 0 Å². The Morgan fingerprint density at radius 3 is 2.87 bits per heavy atom. The number of furan rings is 1. The highest BCUT2D eigenvalue weighted by atomic mass is 32.1. The van der Waals surface area contributed by atoms with Crippen LogP contribution in [0.25, 0.3) is 22.5 Å². The highest BCUT2D eigenvalue weighted by Crippen LogP contribution is 2.26. The monoisotopic (exact) mass is 423 g/mol. The minimum Gasteiger partial charge on any atom is -0.458 e. The van der Waals surface area contributed by atoms with Crippen molar-refractivity contribution in [1.29, 1.82) is 0 Å². The van der Waals surface area contributed by atoms with E-state index in [1.54, 1.807) is 12.1 Å². The molecule has 0 saturated heterocycles. The zero-order valence-corrected chi connectivity index (χ0v) is 17.2.